The van der Waals surface area contributed by atoms with Crippen molar-refractivity contribution in [3.8, 4) is 0 Å². The first kappa shape index (κ1) is 15.4. The van der Waals surface area contributed by atoms with Crippen LogP contribution in [0.15, 0.2) is 29.4 Å². The highest BCUT2D eigenvalue weighted by molar-refractivity contribution is 7.80. The van der Waals surface area contributed by atoms with E-state index in [9.17, 15) is 0 Å². The Morgan fingerprint density at radius 2 is 1.79 bits per heavy atom. The molecule has 0 atom stereocenters. The van der Waals surface area contributed by atoms with E-state index in [1.165, 1.54) is 0 Å². The van der Waals surface area contributed by atoms with Gasteiger partial charge in [-0.25, -0.2) is 0 Å². The molecule has 0 radical (unpaired) electrons. The van der Waals surface area contributed by atoms with Crippen molar-refractivity contribution in [2.24, 2.45) is 5.10 Å². The van der Waals surface area contributed by atoms with Crippen LogP contribution in [0.1, 0.15) is 26.3 Å². The van der Waals surface area contributed by atoms with E-state index in [4.69, 9.17) is 12.2 Å². The molecule has 0 bridgehead atoms. The largest absolute Gasteiger partial charge is 0.378 e. The number of hydrogen-bond donors (Lipinski definition) is 2. The summed E-state index contributed by atoms with van der Waals surface area (Å²) in [5.74, 6) is 0. The van der Waals surface area contributed by atoms with Crippen molar-refractivity contribution < 1.29 is 0 Å². The van der Waals surface area contributed by atoms with Gasteiger partial charge in [0.2, 0.25) is 0 Å². The molecule has 0 aromatic heterocycles. The van der Waals surface area contributed by atoms with E-state index in [1.807, 2.05) is 59.1 Å². The molecule has 0 aliphatic heterocycles. The Bertz CT molecular complexity index is 444. The summed E-state index contributed by atoms with van der Waals surface area (Å²) in [6, 6.07) is 8.13. The zero-order valence-corrected chi connectivity index (χ0v) is 13.0. The van der Waals surface area contributed by atoms with Crippen LogP contribution in [-0.2, 0) is 0 Å². The molecule has 5 heteroatoms. The summed E-state index contributed by atoms with van der Waals surface area (Å²) in [6.07, 6.45) is 1.75. The topological polar surface area (TPSA) is 39.7 Å². The molecular formula is C14H22N4S. The van der Waals surface area contributed by atoms with Crippen LogP contribution in [0.25, 0.3) is 0 Å². The van der Waals surface area contributed by atoms with Gasteiger partial charge in [0.15, 0.2) is 5.11 Å². The summed E-state index contributed by atoms with van der Waals surface area (Å²) in [5.41, 5.74) is 4.93. The first-order chi connectivity index (χ1) is 8.78. The number of benzene rings is 1. The minimum absolute atomic E-state index is 0.0625. The molecule has 1 aromatic rings. The molecule has 2 N–H and O–H groups in total. The maximum absolute atomic E-state index is 5.13. The lowest BCUT2D eigenvalue weighted by atomic mass is 10.1. The van der Waals surface area contributed by atoms with Crippen molar-refractivity contribution in [2.75, 3.05) is 19.0 Å². The van der Waals surface area contributed by atoms with E-state index >= 15 is 0 Å². The zero-order valence-electron chi connectivity index (χ0n) is 12.2. The molecule has 104 valence electrons. The molecule has 1 aromatic carbocycles. The number of hydrogen-bond acceptors (Lipinski definition) is 3. The summed E-state index contributed by atoms with van der Waals surface area (Å²) >= 11 is 5.13. The summed E-state index contributed by atoms with van der Waals surface area (Å²) in [4.78, 5) is 2.06. The van der Waals surface area contributed by atoms with Crippen LogP contribution < -0.4 is 15.6 Å². The molecule has 0 fully saturated rings. The van der Waals surface area contributed by atoms with E-state index in [-0.39, 0.29) is 5.54 Å². The highest BCUT2D eigenvalue weighted by Crippen LogP contribution is 2.10. The molecule has 19 heavy (non-hydrogen) atoms. The fourth-order valence-corrected chi connectivity index (χ4v) is 1.75. The Morgan fingerprint density at radius 1 is 1.21 bits per heavy atom. The van der Waals surface area contributed by atoms with Gasteiger partial charge in [0.1, 0.15) is 0 Å². The van der Waals surface area contributed by atoms with Crippen molar-refractivity contribution in [3.63, 3.8) is 0 Å². The van der Waals surface area contributed by atoms with Crippen LogP contribution in [0.3, 0.4) is 0 Å². The predicted molar refractivity (Wildman–Crippen MR) is 87.0 cm³/mol. The second-order valence-electron chi connectivity index (χ2n) is 5.56. The summed E-state index contributed by atoms with van der Waals surface area (Å²) in [6.45, 7) is 6.14. The Hall–Kier alpha value is -1.62. The quantitative estimate of drug-likeness (QED) is 0.506. The van der Waals surface area contributed by atoms with Gasteiger partial charge in [-0.15, -0.1) is 0 Å². The maximum atomic E-state index is 5.13. The third-order valence-electron chi connectivity index (χ3n) is 2.28. The van der Waals surface area contributed by atoms with Crippen LogP contribution >= 0.6 is 12.2 Å². The van der Waals surface area contributed by atoms with Gasteiger partial charge in [-0.1, -0.05) is 12.1 Å². The summed E-state index contributed by atoms with van der Waals surface area (Å²) < 4.78 is 0. The number of nitrogens with one attached hydrogen (secondary N) is 2. The van der Waals surface area contributed by atoms with Gasteiger partial charge in [-0.05, 0) is 50.7 Å². The van der Waals surface area contributed by atoms with Crippen molar-refractivity contribution in [2.45, 2.75) is 26.3 Å². The normalized spacial score (nSPS) is 11.4. The molecule has 0 spiro atoms. The highest BCUT2D eigenvalue weighted by Gasteiger charge is 2.09. The van der Waals surface area contributed by atoms with E-state index in [1.54, 1.807) is 6.21 Å². The van der Waals surface area contributed by atoms with Crippen LogP contribution in [0, 0.1) is 0 Å². The highest BCUT2D eigenvalue weighted by atomic mass is 32.1. The monoisotopic (exact) mass is 278 g/mol. The van der Waals surface area contributed by atoms with Crippen LogP contribution in [0.2, 0.25) is 0 Å². The van der Waals surface area contributed by atoms with E-state index < -0.39 is 0 Å². The Morgan fingerprint density at radius 3 is 2.26 bits per heavy atom. The fraction of sp³-hybridized carbons (Fsp3) is 0.429. The second-order valence-corrected chi connectivity index (χ2v) is 5.97. The van der Waals surface area contributed by atoms with Crippen molar-refractivity contribution in [1.82, 2.24) is 10.7 Å². The zero-order chi connectivity index (χ0) is 14.5. The van der Waals surface area contributed by atoms with Gasteiger partial charge in [-0.2, -0.15) is 5.10 Å². The molecule has 4 nitrogen and oxygen atoms in total. The van der Waals surface area contributed by atoms with Gasteiger partial charge in [0.05, 0.1) is 6.21 Å². The minimum atomic E-state index is -0.0625. The fourth-order valence-electron chi connectivity index (χ4n) is 1.39. The third kappa shape index (κ3) is 6.20. The first-order valence-electron chi connectivity index (χ1n) is 6.16. The second kappa shape index (κ2) is 6.52. The third-order valence-corrected chi connectivity index (χ3v) is 2.47. The van der Waals surface area contributed by atoms with E-state index in [2.05, 4.69) is 20.7 Å². The predicted octanol–water partition coefficient (Wildman–Crippen LogP) is 2.35. The number of anilines is 1. The van der Waals surface area contributed by atoms with E-state index in [0.29, 0.717) is 5.11 Å². The average Bonchev–Trinajstić information content (AvgIpc) is 2.27. The van der Waals surface area contributed by atoms with Crippen molar-refractivity contribution >= 4 is 29.2 Å². The molecule has 1 rings (SSSR count). The number of hydrazone groups is 1. The van der Waals surface area contributed by atoms with Crippen LogP contribution in [0.4, 0.5) is 5.69 Å². The minimum Gasteiger partial charge on any atom is -0.378 e. The Balaban J connectivity index is 2.51. The average molecular weight is 278 g/mol. The Labute approximate surface area is 120 Å². The Kier molecular flexibility index (Phi) is 5.30. The standard InChI is InChI=1S/C14H22N4S/c1-14(2,3)16-13(19)17-15-10-11-6-8-12(9-7-11)18(4)5/h6-10H,1-5H3,(H2,16,17,19). The lowest BCUT2D eigenvalue weighted by Gasteiger charge is -2.21. The summed E-state index contributed by atoms with van der Waals surface area (Å²) in [7, 11) is 4.03. The molecular weight excluding hydrogens is 256 g/mol. The molecule has 0 unspecified atom stereocenters. The number of rotatable bonds is 3. The van der Waals surface area contributed by atoms with Crippen molar-refractivity contribution in [3.05, 3.63) is 29.8 Å². The van der Waals surface area contributed by atoms with Gasteiger partial charge in [-0.3, -0.25) is 5.43 Å². The van der Waals surface area contributed by atoms with E-state index in [0.717, 1.165) is 11.3 Å². The van der Waals surface area contributed by atoms with Crippen molar-refractivity contribution in [1.29, 1.82) is 0 Å². The molecule has 0 saturated carbocycles. The molecule has 0 aliphatic carbocycles. The SMILES string of the molecule is CN(C)c1ccc(C=NNC(=S)NC(C)(C)C)cc1. The van der Waals surface area contributed by atoms with Crippen LogP contribution in [-0.4, -0.2) is 31.0 Å². The first-order valence-corrected chi connectivity index (χ1v) is 6.57. The van der Waals surface area contributed by atoms with Gasteiger partial charge >= 0.3 is 0 Å². The van der Waals surface area contributed by atoms with Gasteiger partial charge in [0.25, 0.3) is 0 Å². The number of nitrogens with zero attached hydrogens (tertiary/aromatic N) is 2. The molecule has 0 saturated heterocycles. The van der Waals surface area contributed by atoms with Crippen LogP contribution in [0.5, 0.6) is 0 Å². The lowest BCUT2D eigenvalue weighted by Crippen LogP contribution is -2.44. The molecule has 0 aliphatic rings. The number of thiocarbonyl (C=S) groups is 1. The lowest BCUT2D eigenvalue weighted by molar-refractivity contribution is 0.508. The smallest absolute Gasteiger partial charge is 0.187 e. The van der Waals surface area contributed by atoms with Gasteiger partial charge < -0.3 is 10.2 Å². The van der Waals surface area contributed by atoms with Gasteiger partial charge in [0, 0.05) is 25.3 Å². The molecule has 0 heterocycles. The molecule has 0 amide bonds. The summed E-state index contributed by atoms with van der Waals surface area (Å²) in [5, 5.41) is 7.76. The maximum Gasteiger partial charge on any atom is 0.187 e.